The number of nitrogens with zero attached hydrogens (tertiary/aromatic N) is 1. The first-order valence-corrected chi connectivity index (χ1v) is 10.1. The first-order chi connectivity index (χ1) is 14.1. The molecule has 154 valence electrons. The Balaban J connectivity index is 1.66. The van der Waals surface area contributed by atoms with E-state index in [4.69, 9.17) is 4.74 Å². The number of carbonyl (C=O) groups excluding carboxylic acids is 2. The van der Waals surface area contributed by atoms with Crippen LogP contribution in [0.1, 0.15) is 47.6 Å². The van der Waals surface area contributed by atoms with Gasteiger partial charge in [-0.05, 0) is 61.3 Å². The van der Waals surface area contributed by atoms with E-state index in [1.165, 1.54) is 12.0 Å². The Kier molecular flexibility index (Phi) is 7.25. The number of rotatable bonds is 6. The fraction of sp³-hybridized carbons (Fsp3) is 0.391. The van der Waals surface area contributed by atoms with Crippen LogP contribution < -0.4 is 15.4 Å². The molecule has 2 aromatic rings. The summed E-state index contributed by atoms with van der Waals surface area (Å²) in [6.45, 7) is 1.24. The summed E-state index contributed by atoms with van der Waals surface area (Å²) < 4.78 is 5.27. The first-order valence-electron chi connectivity index (χ1n) is 10.1. The number of anilines is 1. The van der Waals surface area contributed by atoms with Crippen LogP contribution in [0.3, 0.4) is 0 Å². The van der Waals surface area contributed by atoms with Crippen molar-refractivity contribution in [2.45, 2.75) is 31.7 Å². The highest BCUT2D eigenvalue weighted by Gasteiger charge is 2.24. The molecule has 0 bridgehead atoms. The second-order valence-corrected chi connectivity index (χ2v) is 7.31. The number of likely N-dealkylation sites (tertiary alicyclic amines) is 1. The van der Waals surface area contributed by atoms with Crippen molar-refractivity contribution in [1.82, 2.24) is 10.2 Å². The number of methoxy groups -OCH3 is 1. The highest BCUT2D eigenvalue weighted by atomic mass is 16.5. The lowest BCUT2D eigenvalue weighted by molar-refractivity contribution is -0.117. The molecule has 2 amide bonds. The molecule has 1 fully saturated rings. The lowest BCUT2D eigenvalue weighted by Crippen LogP contribution is -2.36. The predicted molar refractivity (Wildman–Crippen MR) is 114 cm³/mol. The molecule has 1 saturated heterocycles. The minimum atomic E-state index is -0.144. The van der Waals surface area contributed by atoms with Crippen LogP contribution >= 0.6 is 0 Å². The van der Waals surface area contributed by atoms with Gasteiger partial charge in [0.1, 0.15) is 5.75 Å². The van der Waals surface area contributed by atoms with E-state index in [0.29, 0.717) is 17.8 Å². The largest absolute Gasteiger partial charge is 0.497 e. The molecule has 6 nitrogen and oxygen atoms in total. The number of hydrogen-bond donors (Lipinski definition) is 2. The van der Waals surface area contributed by atoms with Crippen molar-refractivity contribution < 1.29 is 14.3 Å². The summed E-state index contributed by atoms with van der Waals surface area (Å²) in [5, 5.41) is 5.54. The van der Waals surface area contributed by atoms with Crippen molar-refractivity contribution in [2.24, 2.45) is 0 Å². The molecule has 1 atom stereocenters. The fourth-order valence-electron chi connectivity index (χ4n) is 3.79. The number of hydrogen-bond acceptors (Lipinski definition) is 4. The zero-order chi connectivity index (χ0) is 20.6. The average Bonchev–Trinajstić information content (AvgIpc) is 2.99. The van der Waals surface area contributed by atoms with E-state index in [1.807, 2.05) is 12.1 Å². The van der Waals surface area contributed by atoms with Crippen LogP contribution in [0.5, 0.6) is 5.75 Å². The summed E-state index contributed by atoms with van der Waals surface area (Å²) in [5.41, 5.74) is 2.48. The van der Waals surface area contributed by atoms with Crippen molar-refractivity contribution >= 4 is 17.5 Å². The molecule has 2 N–H and O–H groups in total. The van der Waals surface area contributed by atoms with Gasteiger partial charge in [-0.3, -0.25) is 14.5 Å². The Morgan fingerprint density at radius 3 is 2.41 bits per heavy atom. The highest BCUT2D eigenvalue weighted by Crippen LogP contribution is 2.31. The third-order valence-corrected chi connectivity index (χ3v) is 5.37. The topological polar surface area (TPSA) is 70.7 Å². The lowest BCUT2D eigenvalue weighted by Gasteiger charge is -2.29. The zero-order valence-corrected chi connectivity index (χ0v) is 17.1. The van der Waals surface area contributed by atoms with E-state index in [2.05, 4.69) is 27.7 Å². The Labute approximate surface area is 172 Å². The van der Waals surface area contributed by atoms with Gasteiger partial charge in [-0.2, -0.15) is 0 Å². The van der Waals surface area contributed by atoms with Crippen molar-refractivity contribution in [3.63, 3.8) is 0 Å². The minimum Gasteiger partial charge on any atom is -0.497 e. The van der Waals surface area contributed by atoms with Crippen molar-refractivity contribution in [2.75, 3.05) is 32.6 Å². The third-order valence-electron chi connectivity index (χ3n) is 5.37. The normalized spacial score (nSPS) is 17.2. The van der Waals surface area contributed by atoms with Gasteiger partial charge in [0.15, 0.2) is 0 Å². The number of nitrogens with one attached hydrogen (secondary N) is 2. The molecule has 1 aliphatic rings. The number of amides is 2. The summed E-state index contributed by atoms with van der Waals surface area (Å²) in [6, 6.07) is 15.3. The van der Waals surface area contributed by atoms with Crippen LogP contribution in [0.15, 0.2) is 48.5 Å². The fourth-order valence-corrected chi connectivity index (χ4v) is 3.79. The van der Waals surface area contributed by atoms with Gasteiger partial charge in [0.05, 0.1) is 13.7 Å². The molecule has 1 heterocycles. The van der Waals surface area contributed by atoms with E-state index < -0.39 is 0 Å². The summed E-state index contributed by atoms with van der Waals surface area (Å²) in [7, 11) is 3.26. The predicted octanol–water partition coefficient (Wildman–Crippen LogP) is 3.61. The van der Waals surface area contributed by atoms with Crippen LogP contribution in [0.4, 0.5) is 5.69 Å². The Hall–Kier alpha value is -2.86. The quantitative estimate of drug-likeness (QED) is 0.784. The van der Waals surface area contributed by atoms with Crippen molar-refractivity contribution in [1.29, 1.82) is 0 Å². The second kappa shape index (κ2) is 10.1. The van der Waals surface area contributed by atoms with Crippen LogP contribution in [0.2, 0.25) is 0 Å². The van der Waals surface area contributed by atoms with Gasteiger partial charge >= 0.3 is 0 Å². The van der Waals surface area contributed by atoms with Crippen LogP contribution in [-0.2, 0) is 4.79 Å². The molecule has 29 heavy (non-hydrogen) atoms. The van der Waals surface area contributed by atoms with E-state index in [-0.39, 0.29) is 17.9 Å². The van der Waals surface area contributed by atoms with Gasteiger partial charge in [-0.15, -0.1) is 0 Å². The van der Waals surface area contributed by atoms with Gasteiger partial charge in [0.25, 0.3) is 5.91 Å². The van der Waals surface area contributed by atoms with Gasteiger partial charge in [0, 0.05) is 24.3 Å². The van der Waals surface area contributed by atoms with E-state index >= 15 is 0 Å². The maximum atomic E-state index is 12.7. The standard InChI is InChI=1S/C23H29N3O3/c1-24-23(28)18-7-11-19(12-8-18)25-22(27)16-26-15-5-3-4-6-21(26)17-9-13-20(29-2)14-10-17/h7-14,21H,3-6,15-16H2,1-2H3,(H,24,28)(H,25,27)/t21-/m0/s1. The minimum absolute atomic E-state index is 0.0434. The van der Waals surface area contributed by atoms with Crippen molar-refractivity contribution in [3.05, 3.63) is 59.7 Å². The van der Waals surface area contributed by atoms with Crippen LogP contribution in [-0.4, -0.2) is 44.0 Å². The van der Waals surface area contributed by atoms with Gasteiger partial charge in [0.2, 0.25) is 5.91 Å². The molecule has 0 spiro atoms. The summed E-state index contributed by atoms with van der Waals surface area (Å²) in [5.74, 6) is 0.653. The summed E-state index contributed by atoms with van der Waals surface area (Å²) in [6.07, 6.45) is 4.49. The molecule has 3 rings (SSSR count). The monoisotopic (exact) mass is 395 g/mol. The van der Waals surface area contributed by atoms with Gasteiger partial charge in [-0.25, -0.2) is 0 Å². The van der Waals surface area contributed by atoms with Crippen LogP contribution in [0.25, 0.3) is 0 Å². The second-order valence-electron chi connectivity index (χ2n) is 7.31. The molecule has 0 unspecified atom stereocenters. The number of carbonyl (C=O) groups is 2. The van der Waals surface area contributed by atoms with E-state index in [0.717, 1.165) is 31.6 Å². The average molecular weight is 396 g/mol. The SMILES string of the molecule is CNC(=O)c1ccc(NC(=O)CN2CCCCC[C@H]2c2ccc(OC)cc2)cc1. The van der Waals surface area contributed by atoms with E-state index in [9.17, 15) is 9.59 Å². The first kappa shape index (κ1) is 20.9. The smallest absolute Gasteiger partial charge is 0.251 e. The Bertz CT molecular complexity index is 818. The maximum Gasteiger partial charge on any atom is 0.251 e. The Morgan fingerprint density at radius 1 is 1.03 bits per heavy atom. The molecule has 0 aliphatic carbocycles. The van der Waals surface area contributed by atoms with E-state index in [1.54, 1.807) is 38.4 Å². The molecule has 2 aromatic carbocycles. The molecule has 0 radical (unpaired) electrons. The summed E-state index contributed by atoms with van der Waals surface area (Å²) in [4.78, 5) is 26.6. The molecular formula is C23H29N3O3. The van der Waals surface area contributed by atoms with Crippen molar-refractivity contribution in [3.8, 4) is 5.75 Å². The molecular weight excluding hydrogens is 366 g/mol. The molecule has 0 aromatic heterocycles. The number of ether oxygens (including phenoxy) is 1. The maximum absolute atomic E-state index is 12.7. The molecule has 1 aliphatic heterocycles. The van der Waals surface area contributed by atoms with Gasteiger partial charge < -0.3 is 15.4 Å². The zero-order valence-electron chi connectivity index (χ0n) is 17.1. The lowest BCUT2D eigenvalue weighted by atomic mass is 10.0. The molecule has 0 saturated carbocycles. The third kappa shape index (κ3) is 5.57. The number of benzene rings is 2. The summed E-state index contributed by atoms with van der Waals surface area (Å²) >= 11 is 0. The van der Waals surface area contributed by atoms with Gasteiger partial charge in [-0.1, -0.05) is 25.0 Å². The highest BCUT2D eigenvalue weighted by molar-refractivity contribution is 5.96. The van der Waals surface area contributed by atoms with Crippen LogP contribution in [0, 0.1) is 0 Å². The Morgan fingerprint density at radius 2 is 1.76 bits per heavy atom. The molecule has 6 heteroatoms.